The predicted molar refractivity (Wildman–Crippen MR) is 142 cm³/mol. The molecule has 0 unspecified atom stereocenters. The summed E-state index contributed by atoms with van der Waals surface area (Å²) in [5.74, 6) is 0.909. The van der Waals surface area contributed by atoms with Gasteiger partial charge >= 0.3 is 0 Å². The SMILES string of the molecule is CCCCC[C@H](C)CC.CCc1ccn2nc(-c3cccc(C(F)F)n3)nc(Nc3ccncc3F)c12. The quantitative estimate of drug-likeness (QED) is 0.217. The first-order valence-corrected chi connectivity index (χ1v) is 12.9. The topological polar surface area (TPSA) is 68.0 Å². The molecular formula is C28H35F3N6. The Bertz CT molecular complexity index is 1270. The van der Waals surface area contributed by atoms with Crippen LogP contribution in [0.2, 0.25) is 0 Å². The zero-order valence-corrected chi connectivity index (χ0v) is 21.9. The minimum Gasteiger partial charge on any atom is -0.336 e. The van der Waals surface area contributed by atoms with Gasteiger partial charge in [-0.05, 0) is 42.2 Å². The van der Waals surface area contributed by atoms with Crippen LogP contribution < -0.4 is 5.32 Å². The number of pyridine rings is 2. The van der Waals surface area contributed by atoms with Gasteiger partial charge in [0.05, 0.1) is 11.9 Å². The number of alkyl halides is 2. The number of hydrogen-bond acceptors (Lipinski definition) is 5. The van der Waals surface area contributed by atoms with E-state index >= 15 is 0 Å². The molecule has 4 rings (SSSR count). The molecule has 0 spiro atoms. The molecule has 0 saturated heterocycles. The summed E-state index contributed by atoms with van der Waals surface area (Å²) < 4.78 is 41.7. The third-order valence-electron chi connectivity index (χ3n) is 6.22. The van der Waals surface area contributed by atoms with Crippen LogP contribution in [0.1, 0.15) is 77.5 Å². The number of aryl methyl sites for hydroxylation is 1. The number of nitrogens with one attached hydrogen (secondary N) is 1. The monoisotopic (exact) mass is 512 g/mol. The Morgan fingerprint density at radius 1 is 1.03 bits per heavy atom. The molecule has 0 fully saturated rings. The van der Waals surface area contributed by atoms with Crippen molar-refractivity contribution >= 4 is 17.0 Å². The van der Waals surface area contributed by atoms with Crippen LogP contribution >= 0.6 is 0 Å². The normalized spacial score (nSPS) is 11.9. The Kier molecular flexibility index (Phi) is 10.4. The molecular weight excluding hydrogens is 477 g/mol. The van der Waals surface area contributed by atoms with E-state index in [0.717, 1.165) is 17.7 Å². The van der Waals surface area contributed by atoms with Gasteiger partial charge in [-0.15, -0.1) is 5.10 Å². The van der Waals surface area contributed by atoms with E-state index in [2.05, 4.69) is 46.1 Å². The van der Waals surface area contributed by atoms with E-state index in [1.54, 1.807) is 16.8 Å². The van der Waals surface area contributed by atoms with E-state index in [0.29, 0.717) is 17.8 Å². The summed E-state index contributed by atoms with van der Waals surface area (Å²) in [6.07, 6.45) is 9.30. The van der Waals surface area contributed by atoms with Crippen molar-refractivity contribution in [2.45, 2.75) is 72.6 Å². The smallest absolute Gasteiger partial charge is 0.280 e. The number of unbranched alkanes of at least 4 members (excludes halogenated alkanes) is 2. The Hall–Kier alpha value is -3.49. The highest BCUT2D eigenvalue weighted by atomic mass is 19.3. The molecule has 0 bridgehead atoms. The lowest BCUT2D eigenvalue weighted by molar-refractivity contribution is 0.146. The molecule has 0 aliphatic carbocycles. The fraction of sp³-hybridized carbons (Fsp3) is 0.429. The van der Waals surface area contributed by atoms with Gasteiger partial charge in [0.25, 0.3) is 6.43 Å². The zero-order valence-electron chi connectivity index (χ0n) is 21.9. The highest BCUT2D eigenvalue weighted by Crippen LogP contribution is 2.28. The van der Waals surface area contributed by atoms with Crippen LogP contribution in [-0.2, 0) is 6.42 Å². The highest BCUT2D eigenvalue weighted by molar-refractivity contribution is 5.78. The van der Waals surface area contributed by atoms with E-state index in [1.165, 1.54) is 56.5 Å². The number of rotatable bonds is 10. The molecule has 0 aliphatic rings. The van der Waals surface area contributed by atoms with Crippen molar-refractivity contribution < 1.29 is 13.2 Å². The molecule has 198 valence electrons. The Balaban J connectivity index is 0.000000364. The summed E-state index contributed by atoms with van der Waals surface area (Å²) in [5, 5.41) is 7.35. The molecule has 4 aromatic heterocycles. The van der Waals surface area contributed by atoms with Crippen molar-refractivity contribution in [3.05, 3.63) is 66.0 Å². The first-order valence-electron chi connectivity index (χ1n) is 12.9. The van der Waals surface area contributed by atoms with E-state index in [1.807, 2.05) is 13.0 Å². The molecule has 0 aromatic carbocycles. The molecule has 0 radical (unpaired) electrons. The fourth-order valence-electron chi connectivity index (χ4n) is 3.82. The van der Waals surface area contributed by atoms with Gasteiger partial charge in [-0.1, -0.05) is 65.9 Å². The molecule has 1 N–H and O–H groups in total. The number of nitrogens with zero attached hydrogens (tertiary/aromatic N) is 5. The van der Waals surface area contributed by atoms with E-state index in [9.17, 15) is 13.2 Å². The molecule has 37 heavy (non-hydrogen) atoms. The number of aromatic nitrogens is 5. The number of anilines is 2. The van der Waals surface area contributed by atoms with Crippen LogP contribution in [0, 0.1) is 11.7 Å². The number of fused-ring (bicyclic) bond motifs is 1. The summed E-state index contributed by atoms with van der Waals surface area (Å²) >= 11 is 0. The van der Waals surface area contributed by atoms with Crippen molar-refractivity contribution in [2.24, 2.45) is 5.92 Å². The molecule has 0 saturated carbocycles. The largest absolute Gasteiger partial charge is 0.336 e. The average molecular weight is 513 g/mol. The lowest BCUT2D eigenvalue weighted by Gasteiger charge is -2.11. The first kappa shape index (κ1) is 28.1. The maximum Gasteiger partial charge on any atom is 0.280 e. The van der Waals surface area contributed by atoms with Gasteiger partial charge in [-0.3, -0.25) is 4.98 Å². The van der Waals surface area contributed by atoms with Gasteiger partial charge in [0.2, 0.25) is 5.82 Å². The Morgan fingerprint density at radius 3 is 2.51 bits per heavy atom. The molecule has 0 aliphatic heterocycles. The molecule has 6 nitrogen and oxygen atoms in total. The third kappa shape index (κ3) is 7.50. The van der Waals surface area contributed by atoms with Gasteiger partial charge in [-0.2, -0.15) is 0 Å². The summed E-state index contributed by atoms with van der Waals surface area (Å²) in [5.41, 5.74) is 1.66. The molecule has 4 heterocycles. The second kappa shape index (κ2) is 13.7. The third-order valence-corrected chi connectivity index (χ3v) is 6.22. The van der Waals surface area contributed by atoms with E-state index in [-0.39, 0.29) is 22.9 Å². The van der Waals surface area contributed by atoms with Crippen LogP contribution in [0.3, 0.4) is 0 Å². The van der Waals surface area contributed by atoms with Gasteiger partial charge in [0.15, 0.2) is 11.6 Å². The molecule has 1 atom stereocenters. The van der Waals surface area contributed by atoms with Crippen molar-refractivity contribution in [1.82, 2.24) is 24.6 Å². The van der Waals surface area contributed by atoms with Crippen molar-refractivity contribution in [3.63, 3.8) is 0 Å². The molecule has 4 aromatic rings. The number of halogens is 3. The standard InChI is InChI=1S/C19H15F3N6.C9H20/c1-2-11-7-9-28-16(11)19(25-13-6-8-23-10-12(13)20)26-18(27-28)15-5-3-4-14(24-15)17(21)22;1-4-6-7-8-9(3)5-2/h3-10,17H,2H2,1H3,(H,23,25,26,27);9H,4-8H2,1-3H3/t;9-/m.1/s1. The van der Waals surface area contributed by atoms with Crippen LogP contribution in [0.4, 0.5) is 24.7 Å². The first-order chi connectivity index (χ1) is 17.9. The summed E-state index contributed by atoms with van der Waals surface area (Å²) in [7, 11) is 0. The Labute approximate surface area is 216 Å². The van der Waals surface area contributed by atoms with Gasteiger partial charge in [0.1, 0.15) is 16.9 Å². The van der Waals surface area contributed by atoms with Crippen LogP contribution in [0.15, 0.2) is 48.9 Å². The second-order valence-electron chi connectivity index (χ2n) is 9.01. The van der Waals surface area contributed by atoms with Crippen LogP contribution in [0.25, 0.3) is 17.0 Å². The number of hydrogen-bond donors (Lipinski definition) is 1. The van der Waals surface area contributed by atoms with Gasteiger partial charge in [-0.25, -0.2) is 27.7 Å². The lowest BCUT2D eigenvalue weighted by Crippen LogP contribution is -2.06. The maximum atomic E-state index is 14.1. The molecule has 9 heteroatoms. The fourth-order valence-corrected chi connectivity index (χ4v) is 3.82. The summed E-state index contributed by atoms with van der Waals surface area (Å²) in [4.78, 5) is 12.1. The zero-order chi connectivity index (χ0) is 26.8. The van der Waals surface area contributed by atoms with E-state index < -0.39 is 12.2 Å². The lowest BCUT2D eigenvalue weighted by atomic mass is 10.0. The summed E-state index contributed by atoms with van der Waals surface area (Å²) in [6.45, 7) is 8.86. The minimum atomic E-state index is -2.70. The highest BCUT2D eigenvalue weighted by Gasteiger charge is 2.17. The minimum absolute atomic E-state index is 0.144. The van der Waals surface area contributed by atoms with Crippen LogP contribution in [-0.4, -0.2) is 24.6 Å². The van der Waals surface area contributed by atoms with Gasteiger partial charge < -0.3 is 5.32 Å². The maximum absolute atomic E-state index is 14.1. The Morgan fingerprint density at radius 2 is 1.84 bits per heavy atom. The second-order valence-corrected chi connectivity index (χ2v) is 9.01. The predicted octanol–water partition coefficient (Wildman–Crippen LogP) is 8.18. The van der Waals surface area contributed by atoms with Crippen molar-refractivity contribution in [2.75, 3.05) is 5.32 Å². The van der Waals surface area contributed by atoms with Gasteiger partial charge in [0, 0.05) is 12.4 Å². The van der Waals surface area contributed by atoms with E-state index in [4.69, 9.17) is 0 Å². The average Bonchev–Trinajstić information content (AvgIpc) is 3.34. The summed E-state index contributed by atoms with van der Waals surface area (Å²) in [6, 6.07) is 7.63. The van der Waals surface area contributed by atoms with Crippen molar-refractivity contribution in [1.29, 1.82) is 0 Å². The molecule has 0 amide bonds. The van der Waals surface area contributed by atoms with Crippen LogP contribution in [0.5, 0.6) is 0 Å². The van der Waals surface area contributed by atoms with Crippen molar-refractivity contribution in [3.8, 4) is 11.5 Å².